The van der Waals surface area contributed by atoms with Crippen LogP contribution in [-0.2, 0) is 0 Å². The molecule has 0 radical (unpaired) electrons. The largest absolute Gasteiger partial charge is 0.497 e. The summed E-state index contributed by atoms with van der Waals surface area (Å²) in [7, 11) is 1.63. The predicted molar refractivity (Wildman–Crippen MR) is 114 cm³/mol. The van der Waals surface area contributed by atoms with Gasteiger partial charge in [-0.3, -0.25) is 4.79 Å². The van der Waals surface area contributed by atoms with E-state index in [1.807, 2.05) is 66.4 Å². The minimum atomic E-state index is -0.00726. The van der Waals surface area contributed by atoms with E-state index in [4.69, 9.17) is 16.3 Å². The predicted octanol–water partition coefficient (Wildman–Crippen LogP) is 3.81. The number of carbonyl (C=O) groups excluding carboxylic acids is 1. The zero-order chi connectivity index (χ0) is 20.4. The van der Waals surface area contributed by atoms with Crippen LogP contribution in [-0.4, -0.2) is 53.9 Å². The molecule has 4 rings (SSSR count). The van der Waals surface area contributed by atoms with Gasteiger partial charge in [0.05, 0.1) is 18.5 Å². The van der Waals surface area contributed by atoms with E-state index >= 15 is 0 Å². The smallest absolute Gasteiger partial charge is 0.272 e. The summed E-state index contributed by atoms with van der Waals surface area (Å²) in [5.74, 6) is 0.759. The number of rotatable bonds is 4. The highest BCUT2D eigenvalue weighted by Gasteiger charge is 2.25. The summed E-state index contributed by atoms with van der Waals surface area (Å²) in [6, 6.07) is 17.2. The molecule has 1 aliphatic rings. The lowest BCUT2D eigenvalue weighted by Crippen LogP contribution is -2.49. The highest BCUT2D eigenvalue weighted by atomic mass is 35.5. The van der Waals surface area contributed by atoms with Crippen LogP contribution in [0.1, 0.15) is 16.2 Å². The SMILES string of the molecule is COc1ccc(-n2nc(C)cc2C(=O)N2CCN(c3cccc(Cl)c3)CC2)cc1. The van der Waals surface area contributed by atoms with Crippen LogP contribution in [0.4, 0.5) is 5.69 Å². The highest BCUT2D eigenvalue weighted by molar-refractivity contribution is 6.30. The third-order valence-electron chi connectivity index (χ3n) is 5.11. The van der Waals surface area contributed by atoms with Crippen molar-refractivity contribution in [1.29, 1.82) is 0 Å². The normalized spacial score (nSPS) is 14.2. The number of carbonyl (C=O) groups is 1. The molecule has 150 valence electrons. The third-order valence-corrected chi connectivity index (χ3v) is 5.34. The third kappa shape index (κ3) is 4.07. The summed E-state index contributed by atoms with van der Waals surface area (Å²) >= 11 is 6.11. The number of methoxy groups -OCH3 is 1. The zero-order valence-electron chi connectivity index (χ0n) is 16.5. The molecule has 0 N–H and O–H groups in total. The van der Waals surface area contributed by atoms with Crippen LogP contribution >= 0.6 is 11.6 Å². The molecule has 0 unspecified atom stereocenters. The topological polar surface area (TPSA) is 50.6 Å². The highest BCUT2D eigenvalue weighted by Crippen LogP contribution is 2.22. The zero-order valence-corrected chi connectivity index (χ0v) is 17.3. The minimum Gasteiger partial charge on any atom is -0.497 e. The van der Waals surface area contributed by atoms with Crippen molar-refractivity contribution in [2.45, 2.75) is 6.92 Å². The summed E-state index contributed by atoms with van der Waals surface area (Å²) < 4.78 is 6.93. The van der Waals surface area contributed by atoms with E-state index in [1.165, 1.54) is 0 Å². The number of benzene rings is 2. The van der Waals surface area contributed by atoms with Gasteiger partial charge in [-0.25, -0.2) is 4.68 Å². The molecule has 1 aromatic heterocycles. The van der Waals surface area contributed by atoms with Crippen molar-refractivity contribution in [2.24, 2.45) is 0 Å². The Morgan fingerprint density at radius 3 is 2.38 bits per heavy atom. The number of hydrogen-bond acceptors (Lipinski definition) is 4. The quantitative estimate of drug-likeness (QED) is 0.656. The number of aromatic nitrogens is 2. The van der Waals surface area contributed by atoms with Gasteiger partial charge in [0.15, 0.2) is 0 Å². The van der Waals surface area contributed by atoms with Gasteiger partial charge in [-0.1, -0.05) is 17.7 Å². The maximum Gasteiger partial charge on any atom is 0.272 e. The maximum absolute atomic E-state index is 13.2. The van der Waals surface area contributed by atoms with Crippen LogP contribution in [0.15, 0.2) is 54.6 Å². The molecule has 3 aromatic rings. The fraction of sp³-hybridized carbons (Fsp3) is 0.273. The minimum absolute atomic E-state index is 0.00726. The second-order valence-corrected chi connectivity index (χ2v) is 7.48. The monoisotopic (exact) mass is 410 g/mol. The van der Waals surface area contributed by atoms with Gasteiger partial charge in [-0.15, -0.1) is 0 Å². The Hall–Kier alpha value is -2.99. The van der Waals surface area contributed by atoms with E-state index in [0.29, 0.717) is 18.8 Å². The van der Waals surface area contributed by atoms with Gasteiger partial charge >= 0.3 is 0 Å². The molecule has 0 spiro atoms. The van der Waals surface area contributed by atoms with Gasteiger partial charge < -0.3 is 14.5 Å². The molecule has 1 saturated heterocycles. The molecule has 7 heteroatoms. The van der Waals surface area contributed by atoms with Crippen molar-refractivity contribution >= 4 is 23.2 Å². The molecule has 0 saturated carbocycles. The fourth-order valence-electron chi connectivity index (χ4n) is 3.57. The van der Waals surface area contributed by atoms with Crippen LogP contribution in [0.5, 0.6) is 5.75 Å². The number of hydrogen-bond donors (Lipinski definition) is 0. The Labute approximate surface area is 175 Å². The second-order valence-electron chi connectivity index (χ2n) is 7.04. The van der Waals surface area contributed by atoms with Crippen LogP contribution < -0.4 is 9.64 Å². The van der Waals surface area contributed by atoms with Crippen LogP contribution in [0.2, 0.25) is 5.02 Å². The number of halogens is 1. The molecule has 0 aliphatic carbocycles. The molecule has 0 bridgehead atoms. The maximum atomic E-state index is 13.2. The Balaban J connectivity index is 1.50. The summed E-state index contributed by atoms with van der Waals surface area (Å²) in [4.78, 5) is 17.4. The van der Waals surface area contributed by atoms with E-state index in [1.54, 1.807) is 11.8 Å². The average Bonchev–Trinajstić information content (AvgIpc) is 3.15. The first-order chi connectivity index (χ1) is 14.0. The summed E-state index contributed by atoms with van der Waals surface area (Å²) in [6.07, 6.45) is 0. The van der Waals surface area contributed by atoms with E-state index < -0.39 is 0 Å². The molecule has 6 nitrogen and oxygen atoms in total. The van der Waals surface area contributed by atoms with Gasteiger partial charge in [0.2, 0.25) is 0 Å². The Kier molecular flexibility index (Phi) is 5.45. The van der Waals surface area contributed by atoms with Crippen LogP contribution in [0, 0.1) is 6.92 Å². The number of anilines is 1. The van der Waals surface area contributed by atoms with Gasteiger partial charge in [-0.05, 0) is 55.5 Å². The van der Waals surface area contributed by atoms with E-state index in [9.17, 15) is 4.79 Å². The molecule has 2 aromatic carbocycles. The number of nitrogens with zero attached hydrogens (tertiary/aromatic N) is 4. The molecule has 1 fully saturated rings. The van der Waals surface area contributed by atoms with Crippen molar-refractivity contribution in [3.8, 4) is 11.4 Å². The Bertz CT molecular complexity index is 1010. The first kappa shape index (κ1) is 19.3. The molecule has 29 heavy (non-hydrogen) atoms. The number of aryl methyl sites for hydroxylation is 1. The first-order valence-corrected chi connectivity index (χ1v) is 9.94. The van der Waals surface area contributed by atoms with Gasteiger partial charge in [-0.2, -0.15) is 5.10 Å². The fourth-order valence-corrected chi connectivity index (χ4v) is 3.76. The first-order valence-electron chi connectivity index (χ1n) is 9.56. The van der Waals surface area contributed by atoms with Crippen LogP contribution in [0.25, 0.3) is 5.69 Å². The molecule has 1 aliphatic heterocycles. The molecule has 2 heterocycles. The van der Waals surface area contributed by atoms with E-state index in [0.717, 1.165) is 40.9 Å². The number of amides is 1. The van der Waals surface area contributed by atoms with E-state index in [2.05, 4.69) is 10.00 Å². The number of piperazine rings is 1. The molecule has 0 atom stereocenters. The molecular weight excluding hydrogens is 388 g/mol. The van der Waals surface area contributed by atoms with Crippen LogP contribution in [0.3, 0.4) is 0 Å². The molecular formula is C22H23ClN4O2. The lowest BCUT2D eigenvalue weighted by atomic mass is 10.2. The summed E-state index contributed by atoms with van der Waals surface area (Å²) in [5, 5.41) is 5.25. The van der Waals surface area contributed by atoms with E-state index in [-0.39, 0.29) is 5.91 Å². The lowest BCUT2D eigenvalue weighted by Gasteiger charge is -2.36. The van der Waals surface area contributed by atoms with Crippen molar-refractivity contribution in [3.05, 3.63) is 71.0 Å². The van der Waals surface area contributed by atoms with Crippen molar-refractivity contribution in [1.82, 2.24) is 14.7 Å². The van der Waals surface area contributed by atoms with Crippen molar-refractivity contribution in [3.63, 3.8) is 0 Å². The van der Waals surface area contributed by atoms with Crippen molar-refractivity contribution < 1.29 is 9.53 Å². The summed E-state index contributed by atoms with van der Waals surface area (Å²) in [6.45, 7) is 4.73. The van der Waals surface area contributed by atoms with Gasteiger partial charge in [0, 0.05) is 36.9 Å². The summed E-state index contributed by atoms with van der Waals surface area (Å²) in [5.41, 5.74) is 3.30. The van der Waals surface area contributed by atoms with Gasteiger partial charge in [0.25, 0.3) is 5.91 Å². The Morgan fingerprint density at radius 2 is 1.72 bits per heavy atom. The molecule has 1 amide bonds. The second kappa shape index (κ2) is 8.17. The average molecular weight is 411 g/mol. The number of ether oxygens (including phenoxy) is 1. The van der Waals surface area contributed by atoms with Crippen molar-refractivity contribution in [2.75, 3.05) is 38.2 Å². The van der Waals surface area contributed by atoms with Gasteiger partial charge in [0.1, 0.15) is 11.4 Å². The Morgan fingerprint density at radius 1 is 1.00 bits per heavy atom. The lowest BCUT2D eigenvalue weighted by molar-refractivity contribution is 0.0737. The standard InChI is InChI=1S/C22H23ClN4O2/c1-16-14-21(27(24-16)18-6-8-20(29-2)9-7-18)22(28)26-12-10-25(11-13-26)19-5-3-4-17(23)15-19/h3-9,14-15H,10-13H2,1-2H3.